The first kappa shape index (κ1) is 13.5. The molecule has 1 aromatic carbocycles. The second-order valence-corrected chi connectivity index (χ2v) is 4.85. The third-order valence-electron chi connectivity index (χ3n) is 3.24. The highest BCUT2D eigenvalue weighted by molar-refractivity contribution is 5.92. The molecule has 0 bridgehead atoms. The number of aromatic nitrogens is 4. The fourth-order valence-corrected chi connectivity index (χ4v) is 2.25. The lowest BCUT2D eigenvalue weighted by molar-refractivity contribution is -0.117. The van der Waals surface area contributed by atoms with Gasteiger partial charge in [-0.1, -0.05) is 10.2 Å². The molecule has 3 rings (SSSR count). The van der Waals surface area contributed by atoms with Gasteiger partial charge in [-0.3, -0.25) is 9.69 Å². The zero-order valence-electron chi connectivity index (χ0n) is 11.5. The summed E-state index contributed by atoms with van der Waals surface area (Å²) in [6.07, 6.45) is 2.35. The van der Waals surface area contributed by atoms with E-state index in [0.29, 0.717) is 12.3 Å². The Labute approximate surface area is 121 Å². The SMILES string of the molecule is O=C(CN1CCCC1)Nc1ccc(Oc2nn[nH]n2)cc1. The number of carbonyl (C=O) groups is 1. The number of hydrogen-bond donors (Lipinski definition) is 2. The minimum absolute atomic E-state index is 0.00346. The Morgan fingerprint density at radius 1 is 1.29 bits per heavy atom. The number of aromatic amines is 1. The monoisotopic (exact) mass is 288 g/mol. The van der Waals surface area contributed by atoms with E-state index in [2.05, 4.69) is 30.8 Å². The molecule has 110 valence electrons. The average Bonchev–Trinajstić information content (AvgIpc) is 3.14. The fraction of sp³-hybridized carbons (Fsp3) is 0.385. The molecule has 0 atom stereocenters. The van der Waals surface area contributed by atoms with Crippen LogP contribution in [-0.2, 0) is 4.79 Å². The molecule has 0 aliphatic carbocycles. The highest BCUT2D eigenvalue weighted by Crippen LogP contribution is 2.19. The summed E-state index contributed by atoms with van der Waals surface area (Å²) in [6.45, 7) is 2.46. The number of nitrogens with one attached hydrogen (secondary N) is 2. The summed E-state index contributed by atoms with van der Waals surface area (Å²) in [5, 5.41) is 16.0. The number of hydrogen-bond acceptors (Lipinski definition) is 6. The first-order valence-corrected chi connectivity index (χ1v) is 6.83. The van der Waals surface area contributed by atoms with Gasteiger partial charge >= 0.3 is 6.01 Å². The van der Waals surface area contributed by atoms with E-state index in [1.807, 2.05) is 0 Å². The summed E-state index contributed by atoms with van der Waals surface area (Å²) in [4.78, 5) is 14.0. The van der Waals surface area contributed by atoms with Gasteiger partial charge in [-0.15, -0.1) is 0 Å². The topological polar surface area (TPSA) is 96.0 Å². The van der Waals surface area contributed by atoms with Crippen LogP contribution >= 0.6 is 0 Å². The van der Waals surface area contributed by atoms with Gasteiger partial charge in [0.05, 0.1) is 6.54 Å². The number of likely N-dealkylation sites (tertiary alicyclic amines) is 1. The molecule has 0 unspecified atom stereocenters. The number of ether oxygens (including phenoxy) is 1. The minimum Gasteiger partial charge on any atom is -0.422 e. The Morgan fingerprint density at radius 3 is 2.71 bits per heavy atom. The van der Waals surface area contributed by atoms with Crippen molar-refractivity contribution in [3.63, 3.8) is 0 Å². The molecule has 1 aliphatic rings. The van der Waals surface area contributed by atoms with Crippen molar-refractivity contribution in [3.05, 3.63) is 24.3 Å². The third-order valence-corrected chi connectivity index (χ3v) is 3.24. The lowest BCUT2D eigenvalue weighted by atomic mass is 10.3. The molecule has 1 amide bonds. The van der Waals surface area contributed by atoms with Crippen LogP contribution in [-0.4, -0.2) is 51.1 Å². The van der Waals surface area contributed by atoms with E-state index in [-0.39, 0.29) is 11.9 Å². The highest BCUT2D eigenvalue weighted by Gasteiger charge is 2.15. The quantitative estimate of drug-likeness (QED) is 0.853. The number of rotatable bonds is 5. The Morgan fingerprint density at radius 2 is 2.05 bits per heavy atom. The van der Waals surface area contributed by atoms with Crippen LogP contribution < -0.4 is 10.1 Å². The maximum Gasteiger partial charge on any atom is 0.361 e. The Bertz CT molecular complexity index is 577. The van der Waals surface area contributed by atoms with Crippen molar-refractivity contribution < 1.29 is 9.53 Å². The second kappa shape index (κ2) is 6.31. The minimum atomic E-state index is 0.00346. The van der Waals surface area contributed by atoms with Crippen molar-refractivity contribution >= 4 is 11.6 Å². The number of anilines is 1. The summed E-state index contributed by atoms with van der Waals surface area (Å²) in [5.41, 5.74) is 0.736. The van der Waals surface area contributed by atoms with Gasteiger partial charge in [0.25, 0.3) is 0 Å². The van der Waals surface area contributed by atoms with Gasteiger partial charge in [0.15, 0.2) is 0 Å². The van der Waals surface area contributed by atoms with Gasteiger partial charge in [0.2, 0.25) is 5.91 Å². The second-order valence-electron chi connectivity index (χ2n) is 4.85. The number of amides is 1. The maximum absolute atomic E-state index is 11.9. The lowest BCUT2D eigenvalue weighted by Gasteiger charge is -2.14. The Kier molecular flexibility index (Phi) is 4.06. The van der Waals surface area contributed by atoms with E-state index in [9.17, 15) is 4.79 Å². The molecule has 8 nitrogen and oxygen atoms in total. The fourth-order valence-electron chi connectivity index (χ4n) is 2.25. The van der Waals surface area contributed by atoms with E-state index in [0.717, 1.165) is 18.8 Å². The van der Waals surface area contributed by atoms with Gasteiger partial charge in [-0.05, 0) is 55.4 Å². The molecule has 0 spiro atoms. The Balaban J connectivity index is 1.52. The summed E-state index contributed by atoms with van der Waals surface area (Å²) < 4.78 is 5.35. The molecule has 1 aromatic heterocycles. The van der Waals surface area contributed by atoms with Gasteiger partial charge in [-0.25, -0.2) is 0 Å². The standard InChI is InChI=1S/C13H16N6O2/c20-12(9-19-7-1-2-8-19)14-10-3-5-11(6-4-10)21-13-15-17-18-16-13/h3-6H,1-2,7-9H2,(H,14,20)(H,15,16,17,18). The van der Waals surface area contributed by atoms with Crippen LogP contribution in [0.3, 0.4) is 0 Å². The zero-order valence-corrected chi connectivity index (χ0v) is 11.5. The van der Waals surface area contributed by atoms with Crippen molar-refractivity contribution in [1.82, 2.24) is 25.5 Å². The van der Waals surface area contributed by atoms with Crippen LogP contribution in [0.25, 0.3) is 0 Å². The van der Waals surface area contributed by atoms with Crippen molar-refractivity contribution in [2.24, 2.45) is 0 Å². The van der Waals surface area contributed by atoms with Gasteiger partial charge in [0.1, 0.15) is 5.75 Å². The third kappa shape index (κ3) is 3.76. The van der Waals surface area contributed by atoms with Crippen LogP contribution in [0.1, 0.15) is 12.8 Å². The van der Waals surface area contributed by atoms with E-state index in [1.54, 1.807) is 24.3 Å². The molecular weight excluding hydrogens is 272 g/mol. The number of carbonyl (C=O) groups excluding carboxylic acids is 1. The molecule has 0 saturated carbocycles. The summed E-state index contributed by atoms with van der Waals surface area (Å²) >= 11 is 0. The van der Waals surface area contributed by atoms with Crippen LogP contribution in [0.15, 0.2) is 24.3 Å². The Hall–Kier alpha value is -2.48. The van der Waals surface area contributed by atoms with Crippen LogP contribution in [0.5, 0.6) is 11.8 Å². The molecule has 2 N–H and O–H groups in total. The van der Waals surface area contributed by atoms with E-state index >= 15 is 0 Å². The molecule has 1 fully saturated rings. The average molecular weight is 288 g/mol. The molecule has 1 aliphatic heterocycles. The molecule has 8 heteroatoms. The molecule has 21 heavy (non-hydrogen) atoms. The van der Waals surface area contributed by atoms with Gasteiger partial charge < -0.3 is 10.1 Å². The lowest BCUT2D eigenvalue weighted by Crippen LogP contribution is -2.30. The first-order valence-electron chi connectivity index (χ1n) is 6.83. The van der Waals surface area contributed by atoms with Crippen molar-refractivity contribution in [2.75, 3.05) is 25.0 Å². The van der Waals surface area contributed by atoms with Crippen LogP contribution in [0.4, 0.5) is 5.69 Å². The predicted molar refractivity (Wildman–Crippen MR) is 75.0 cm³/mol. The van der Waals surface area contributed by atoms with Crippen LogP contribution in [0.2, 0.25) is 0 Å². The summed E-state index contributed by atoms with van der Waals surface area (Å²) in [7, 11) is 0. The summed E-state index contributed by atoms with van der Waals surface area (Å²) in [6, 6.07) is 7.18. The van der Waals surface area contributed by atoms with E-state index in [4.69, 9.17) is 4.74 Å². The first-order chi connectivity index (χ1) is 10.3. The predicted octanol–water partition coefficient (Wildman–Crippen LogP) is 1.03. The molecule has 0 radical (unpaired) electrons. The van der Waals surface area contributed by atoms with E-state index in [1.165, 1.54) is 12.8 Å². The largest absolute Gasteiger partial charge is 0.422 e. The zero-order chi connectivity index (χ0) is 14.5. The summed E-state index contributed by atoms with van der Waals surface area (Å²) in [5.74, 6) is 0.581. The van der Waals surface area contributed by atoms with Crippen molar-refractivity contribution in [1.29, 1.82) is 0 Å². The smallest absolute Gasteiger partial charge is 0.361 e. The van der Waals surface area contributed by atoms with Crippen LogP contribution in [0, 0.1) is 0 Å². The number of nitrogens with zero attached hydrogens (tertiary/aromatic N) is 4. The molecule has 2 heterocycles. The maximum atomic E-state index is 11.9. The molecule has 1 saturated heterocycles. The number of H-pyrrole nitrogens is 1. The molecular formula is C13H16N6O2. The van der Waals surface area contributed by atoms with E-state index < -0.39 is 0 Å². The molecule has 2 aromatic rings. The van der Waals surface area contributed by atoms with Crippen molar-refractivity contribution in [3.8, 4) is 11.8 Å². The number of tetrazole rings is 1. The normalized spacial score (nSPS) is 15.0. The highest BCUT2D eigenvalue weighted by atomic mass is 16.5. The van der Waals surface area contributed by atoms with Gasteiger partial charge in [0, 0.05) is 5.69 Å². The van der Waals surface area contributed by atoms with Crippen molar-refractivity contribution in [2.45, 2.75) is 12.8 Å². The van der Waals surface area contributed by atoms with Gasteiger partial charge in [-0.2, -0.15) is 5.21 Å². The number of benzene rings is 1.